The van der Waals surface area contributed by atoms with Crippen molar-refractivity contribution in [2.45, 2.75) is 26.7 Å². The predicted molar refractivity (Wildman–Crippen MR) is 79.6 cm³/mol. The van der Waals surface area contributed by atoms with Gasteiger partial charge in [-0.15, -0.1) is 0 Å². The molecular weight excluding hydrogens is 240 g/mol. The third-order valence-corrected chi connectivity index (χ3v) is 2.77. The standard InChI is InChI=1S/C14H24N4O/c1-4-7-16-13-10-12(6-8-17-13)18(9-5-2)11-14(19)15-3/h6,8,10H,4-5,7,9,11H2,1-3H3,(H,15,19)(H,16,17). The minimum atomic E-state index is 0.0216. The van der Waals surface area contributed by atoms with Crippen LogP contribution in [0.15, 0.2) is 18.3 Å². The summed E-state index contributed by atoms with van der Waals surface area (Å²) in [6, 6.07) is 3.93. The van der Waals surface area contributed by atoms with E-state index in [1.807, 2.05) is 12.1 Å². The highest BCUT2D eigenvalue weighted by atomic mass is 16.1. The van der Waals surface area contributed by atoms with Crippen molar-refractivity contribution in [2.24, 2.45) is 0 Å². The van der Waals surface area contributed by atoms with Gasteiger partial charge in [0.25, 0.3) is 0 Å². The Labute approximate surface area is 115 Å². The molecule has 5 heteroatoms. The zero-order valence-electron chi connectivity index (χ0n) is 12.1. The van der Waals surface area contributed by atoms with Gasteiger partial charge in [-0.1, -0.05) is 13.8 Å². The third-order valence-electron chi connectivity index (χ3n) is 2.77. The molecule has 0 aromatic carbocycles. The predicted octanol–water partition coefficient (Wildman–Crippen LogP) is 1.87. The molecule has 0 bridgehead atoms. The Hall–Kier alpha value is -1.78. The van der Waals surface area contributed by atoms with Gasteiger partial charge in [0.15, 0.2) is 0 Å². The van der Waals surface area contributed by atoms with Gasteiger partial charge >= 0.3 is 0 Å². The van der Waals surface area contributed by atoms with Crippen LogP contribution in [0.25, 0.3) is 0 Å². The van der Waals surface area contributed by atoms with E-state index >= 15 is 0 Å². The Kier molecular flexibility index (Phi) is 6.71. The van der Waals surface area contributed by atoms with Crippen LogP contribution in [0.1, 0.15) is 26.7 Å². The van der Waals surface area contributed by atoms with E-state index in [2.05, 4.69) is 34.4 Å². The summed E-state index contributed by atoms with van der Waals surface area (Å²) in [5, 5.41) is 5.92. The van der Waals surface area contributed by atoms with Crippen molar-refractivity contribution < 1.29 is 4.79 Å². The summed E-state index contributed by atoms with van der Waals surface area (Å²) >= 11 is 0. The second-order valence-electron chi connectivity index (χ2n) is 4.42. The summed E-state index contributed by atoms with van der Waals surface area (Å²) in [6.07, 6.45) is 3.83. The second kappa shape index (κ2) is 8.34. The van der Waals surface area contributed by atoms with E-state index < -0.39 is 0 Å². The number of hydrogen-bond donors (Lipinski definition) is 2. The van der Waals surface area contributed by atoms with Gasteiger partial charge in [-0.3, -0.25) is 4.79 Å². The summed E-state index contributed by atoms with van der Waals surface area (Å²) < 4.78 is 0. The lowest BCUT2D eigenvalue weighted by Crippen LogP contribution is -2.36. The molecule has 1 amide bonds. The molecule has 1 heterocycles. The Bertz CT molecular complexity index is 395. The van der Waals surface area contributed by atoms with E-state index in [0.717, 1.165) is 37.4 Å². The van der Waals surface area contributed by atoms with Gasteiger partial charge in [-0.25, -0.2) is 4.98 Å². The fourth-order valence-electron chi connectivity index (χ4n) is 1.79. The molecule has 0 aliphatic carbocycles. The first-order valence-electron chi connectivity index (χ1n) is 6.86. The van der Waals surface area contributed by atoms with Gasteiger partial charge in [0.1, 0.15) is 5.82 Å². The number of nitrogens with one attached hydrogen (secondary N) is 2. The SMILES string of the molecule is CCCNc1cc(N(CCC)CC(=O)NC)ccn1. The summed E-state index contributed by atoms with van der Waals surface area (Å²) in [5.74, 6) is 0.880. The van der Waals surface area contributed by atoms with Gasteiger partial charge < -0.3 is 15.5 Å². The minimum Gasteiger partial charge on any atom is -0.370 e. The maximum Gasteiger partial charge on any atom is 0.239 e. The fourth-order valence-corrected chi connectivity index (χ4v) is 1.79. The highest BCUT2D eigenvalue weighted by Gasteiger charge is 2.10. The molecule has 2 N–H and O–H groups in total. The molecule has 0 radical (unpaired) electrons. The molecule has 0 saturated heterocycles. The lowest BCUT2D eigenvalue weighted by Gasteiger charge is -2.23. The zero-order chi connectivity index (χ0) is 14.1. The number of pyridine rings is 1. The van der Waals surface area contributed by atoms with Crippen LogP contribution in [-0.2, 0) is 4.79 Å². The molecule has 0 atom stereocenters. The summed E-state index contributed by atoms with van der Waals surface area (Å²) in [7, 11) is 1.66. The summed E-state index contributed by atoms with van der Waals surface area (Å²) in [5.41, 5.74) is 1.03. The fraction of sp³-hybridized carbons (Fsp3) is 0.571. The Balaban J connectivity index is 2.79. The molecular formula is C14H24N4O. The van der Waals surface area contributed by atoms with E-state index in [1.165, 1.54) is 0 Å². The lowest BCUT2D eigenvalue weighted by atomic mass is 10.3. The Morgan fingerprint density at radius 2 is 2.16 bits per heavy atom. The molecule has 0 spiro atoms. The summed E-state index contributed by atoms with van der Waals surface area (Å²) in [6.45, 7) is 6.35. The first kappa shape index (κ1) is 15.3. The number of carbonyl (C=O) groups is 1. The Morgan fingerprint density at radius 1 is 1.37 bits per heavy atom. The van der Waals surface area contributed by atoms with Crippen molar-refractivity contribution >= 4 is 17.4 Å². The number of anilines is 2. The molecule has 0 aliphatic rings. The molecule has 0 fully saturated rings. The molecule has 106 valence electrons. The average molecular weight is 264 g/mol. The van der Waals surface area contributed by atoms with Crippen LogP contribution in [0.4, 0.5) is 11.5 Å². The number of carbonyl (C=O) groups excluding carboxylic acids is 1. The maximum atomic E-state index is 11.5. The highest BCUT2D eigenvalue weighted by Crippen LogP contribution is 2.17. The quantitative estimate of drug-likeness (QED) is 0.752. The number of likely N-dealkylation sites (N-methyl/N-ethyl adjacent to an activating group) is 1. The number of rotatable bonds is 8. The topological polar surface area (TPSA) is 57.3 Å². The first-order valence-corrected chi connectivity index (χ1v) is 6.86. The lowest BCUT2D eigenvalue weighted by molar-refractivity contribution is -0.119. The van der Waals surface area contributed by atoms with Gasteiger partial charge in [0.2, 0.25) is 5.91 Å². The summed E-state index contributed by atoms with van der Waals surface area (Å²) in [4.78, 5) is 17.9. The Morgan fingerprint density at radius 3 is 2.79 bits per heavy atom. The smallest absolute Gasteiger partial charge is 0.239 e. The normalized spacial score (nSPS) is 10.1. The van der Waals surface area contributed by atoms with Gasteiger partial charge in [-0.05, 0) is 18.9 Å². The van der Waals surface area contributed by atoms with E-state index in [1.54, 1.807) is 13.2 Å². The van der Waals surface area contributed by atoms with Crippen molar-refractivity contribution in [3.8, 4) is 0 Å². The molecule has 19 heavy (non-hydrogen) atoms. The number of hydrogen-bond acceptors (Lipinski definition) is 4. The monoisotopic (exact) mass is 264 g/mol. The molecule has 0 saturated carbocycles. The van der Waals surface area contributed by atoms with Crippen LogP contribution in [0.5, 0.6) is 0 Å². The van der Waals surface area contributed by atoms with Crippen molar-refractivity contribution in [3.63, 3.8) is 0 Å². The minimum absolute atomic E-state index is 0.0216. The van der Waals surface area contributed by atoms with Crippen molar-refractivity contribution in [2.75, 3.05) is 36.9 Å². The molecule has 0 aliphatic heterocycles. The average Bonchev–Trinajstić information content (AvgIpc) is 2.44. The first-order chi connectivity index (χ1) is 9.21. The van der Waals surface area contributed by atoms with Crippen LogP contribution < -0.4 is 15.5 Å². The van der Waals surface area contributed by atoms with Gasteiger partial charge in [-0.2, -0.15) is 0 Å². The number of aromatic nitrogens is 1. The number of amides is 1. The highest BCUT2D eigenvalue weighted by molar-refractivity contribution is 5.81. The molecule has 5 nitrogen and oxygen atoms in total. The zero-order valence-corrected chi connectivity index (χ0v) is 12.1. The molecule has 1 aromatic heterocycles. The molecule has 1 rings (SSSR count). The van der Waals surface area contributed by atoms with Crippen molar-refractivity contribution in [1.29, 1.82) is 0 Å². The van der Waals surface area contributed by atoms with Gasteiger partial charge in [0.05, 0.1) is 6.54 Å². The second-order valence-corrected chi connectivity index (χ2v) is 4.42. The van der Waals surface area contributed by atoms with Crippen LogP contribution in [0.3, 0.4) is 0 Å². The van der Waals surface area contributed by atoms with E-state index in [-0.39, 0.29) is 5.91 Å². The molecule has 1 aromatic rings. The van der Waals surface area contributed by atoms with Crippen LogP contribution in [0.2, 0.25) is 0 Å². The van der Waals surface area contributed by atoms with E-state index in [0.29, 0.717) is 6.54 Å². The van der Waals surface area contributed by atoms with E-state index in [9.17, 15) is 4.79 Å². The maximum absolute atomic E-state index is 11.5. The largest absolute Gasteiger partial charge is 0.370 e. The van der Waals surface area contributed by atoms with Crippen LogP contribution in [-0.4, -0.2) is 37.6 Å². The van der Waals surface area contributed by atoms with E-state index in [4.69, 9.17) is 0 Å². The van der Waals surface area contributed by atoms with Crippen molar-refractivity contribution in [3.05, 3.63) is 18.3 Å². The van der Waals surface area contributed by atoms with Crippen LogP contribution in [0, 0.1) is 0 Å². The third kappa shape index (κ3) is 5.16. The molecule has 0 unspecified atom stereocenters. The van der Waals surface area contributed by atoms with Gasteiger partial charge in [0, 0.05) is 38.1 Å². The van der Waals surface area contributed by atoms with Crippen molar-refractivity contribution in [1.82, 2.24) is 10.3 Å². The number of nitrogens with zero attached hydrogens (tertiary/aromatic N) is 2. The van der Waals surface area contributed by atoms with Crippen LogP contribution >= 0.6 is 0 Å².